The summed E-state index contributed by atoms with van der Waals surface area (Å²) in [4.78, 5) is 11.6. The number of rotatable bonds is 0. The highest BCUT2D eigenvalue weighted by molar-refractivity contribution is 7.09. The second kappa shape index (κ2) is 6.95. The normalized spacial score (nSPS) is 12.6. The first-order valence-corrected chi connectivity index (χ1v) is 7.99. The van der Waals surface area contributed by atoms with Crippen LogP contribution in [-0.4, -0.2) is 15.0 Å². The van der Waals surface area contributed by atoms with Gasteiger partial charge < -0.3 is 0 Å². The van der Waals surface area contributed by atoms with Crippen LogP contribution < -0.4 is 0 Å². The molecule has 2 heterocycles. The van der Waals surface area contributed by atoms with E-state index in [4.69, 9.17) is 0 Å². The number of halogens is 3. The minimum Gasteiger partial charge on any atom is -0.249 e. The molecule has 0 saturated carbocycles. The smallest absolute Gasteiger partial charge is 0.249 e. The fourth-order valence-electron chi connectivity index (χ4n) is 1.46. The van der Waals surface area contributed by atoms with Gasteiger partial charge in [-0.3, -0.25) is 0 Å². The van der Waals surface area contributed by atoms with Crippen LogP contribution in [0.1, 0.15) is 57.9 Å². The van der Waals surface area contributed by atoms with E-state index in [-0.39, 0.29) is 10.8 Å². The molecule has 3 nitrogen and oxygen atoms in total. The van der Waals surface area contributed by atoms with Gasteiger partial charge in [0.05, 0.1) is 10.6 Å². The SMILES string of the molecule is CC(C)(C)c1ncc(C(F)(F)F)cn1.CC(C)(C)c1nccs1. The first kappa shape index (κ1) is 19.5. The Balaban J connectivity index is 0.000000253. The van der Waals surface area contributed by atoms with Gasteiger partial charge in [0.2, 0.25) is 0 Å². The number of hydrogen-bond acceptors (Lipinski definition) is 4. The highest BCUT2D eigenvalue weighted by Gasteiger charge is 2.32. The van der Waals surface area contributed by atoms with Crippen LogP contribution in [-0.2, 0) is 17.0 Å². The fourth-order valence-corrected chi connectivity index (χ4v) is 2.18. The molecule has 0 unspecified atom stereocenters. The standard InChI is InChI=1S/C9H11F3N2.C7H11NS/c1-8(2,3)7-13-4-6(5-14-7)9(10,11)12;1-7(2,3)6-8-4-5-9-6/h4-5H,1-3H3;4-5H,1-3H3. The molecule has 0 atom stereocenters. The Morgan fingerprint density at radius 3 is 1.61 bits per heavy atom. The molecule has 0 saturated heterocycles. The summed E-state index contributed by atoms with van der Waals surface area (Å²) < 4.78 is 36.4. The first-order valence-electron chi connectivity index (χ1n) is 7.11. The van der Waals surface area contributed by atoms with Crippen LogP contribution in [0.25, 0.3) is 0 Å². The fraction of sp³-hybridized carbons (Fsp3) is 0.562. The van der Waals surface area contributed by atoms with E-state index in [1.54, 1.807) is 11.3 Å². The molecule has 2 rings (SSSR count). The van der Waals surface area contributed by atoms with Gasteiger partial charge in [0, 0.05) is 34.8 Å². The molecule has 0 spiro atoms. The van der Waals surface area contributed by atoms with Crippen molar-refractivity contribution < 1.29 is 13.2 Å². The average molecular weight is 345 g/mol. The molecule has 7 heteroatoms. The third-order valence-corrected chi connectivity index (χ3v) is 3.92. The molecule has 0 aliphatic carbocycles. The van der Waals surface area contributed by atoms with Gasteiger partial charge in [-0.25, -0.2) is 15.0 Å². The van der Waals surface area contributed by atoms with E-state index in [1.807, 2.05) is 32.3 Å². The summed E-state index contributed by atoms with van der Waals surface area (Å²) in [7, 11) is 0. The summed E-state index contributed by atoms with van der Waals surface area (Å²) in [6.45, 7) is 12.0. The minimum atomic E-state index is -4.36. The van der Waals surface area contributed by atoms with E-state index >= 15 is 0 Å². The molecule has 0 radical (unpaired) electrons. The molecule has 0 amide bonds. The maximum absolute atomic E-state index is 12.1. The molecule has 0 aliphatic heterocycles. The lowest BCUT2D eigenvalue weighted by molar-refractivity contribution is -0.138. The zero-order valence-corrected chi connectivity index (χ0v) is 15.0. The monoisotopic (exact) mass is 345 g/mol. The molecule has 2 aromatic rings. The molecular weight excluding hydrogens is 323 g/mol. The van der Waals surface area contributed by atoms with E-state index in [1.165, 1.54) is 5.01 Å². The van der Waals surface area contributed by atoms with Gasteiger partial charge in [-0.05, 0) is 0 Å². The summed E-state index contributed by atoms with van der Waals surface area (Å²) in [5.41, 5.74) is -0.913. The Hall–Kier alpha value is -1.50. The van der Waals surface area contributed by atoms with Gasteiger partial charge in [-0.1, -0.05) is 41.5 Å². The van der Waals surface area contributed by atoms with Crippen molar-refractivity contribution in [1.82, 2.24) is 15.0 Å². The Morgan fingerprint density at radius 2 is 1.35 bits per heavy atom. The summed E-state index contributed by atoms with van der Waals surface area (Å²) in [6.07, 6.45) is -0.886. The van der Waals surface area contributed by atoms with Gasteiger partial charge in [-0.15, -0.1) is 11.3 Å². The van der Waals surface area contributed by atoms with Gasteiger partial charge in [0.15, 0.2) is 0 Å². The van der Waals surface area contributed by atoms with Crippen LogP contribution in [0, 0.1) is 0 Å². The third kappa shape index (κ3) is 6.25. The molecule has 0 aromatic carbocycles. The Bertz CT molecular complexity index is 558. The molecule has 128 valence electrons. The Kier molecular flexibility index (Phi) is 5.90. The zero-order chi connectivity index (χ0) is 17.9. The van der Waals surface area contributed by atoms with E-state index in [9.17, 15) is 13.2 Å². The van der Waals surface area contributed by atoms with Crippen molar-refractivity contribution in [3.63, 3.8) is 0 Å². The summed E-state index contributed by atoms with van der Waals surface area (Å²) in [5.74, 6) is 0.408. The molecular formula is C16H22F3N3S. The minimum absolute atomic E-state index is 0.230. The summed E-state index contributed by atoms with van der Waals surface area (Å²) >= 11 is 1.72. The van der Waals surface area contributed by atoms with E-state index in [0.717, 1.165) is 12.4 Å². The average Bonchev–Trinajstić information content (AvgIpc) is 2.91. The number of alkyl halides is 3. The number of thiazole rings is 1. The lowest BCUT2D eigenvalue weighted by Crippen LogP contribution is -2.17. The topological polar surface area (TPSA) is 38.7 Å². The van der Waals surface area contributed by atoms with E-state index < -0.39 is 11.7 Å². The predicted octanol–water partition coefficient (Wildman–Crippen LogP) is 5.23. The van der Waals surface area contributed by atoms with Crippen LogP contribution in [0.5, 0.6) is 0 Å². The van der Waals surface area contributed by atoms with Crippen LogP contribution in [0.2, 0.25) is 0 Å². The number of hydrogen-bond donors (Lipinski definition) is 0. The van der Waals surface area contributed by atoms with Crippen LogP contribution in [0.3, 0.4) is 0 Å². The summed E-state index contributed by atoms with van der Waals surface area (Å²) in [6, 6.07) is 0. The van der Waals surface area contributed by atoms with Crippen molar-refractivity contribution in [2.24, 2.45) is 0 Å². The van der Waals surface area contributed by atoms with Crippen molar-refractivity contribution in [2.45, 2.75) is 58.5 Å². The van der Waals surface area contributed by atoms with Crippen molar-refractivity contribution >= 4 is 11.3 Å². The number of aromatic nitrogens is 3. The molecule has 0 N–H and O–H groups in total. The highest BCUT2D eigenvalue weighted by atomic mass is 32.1. The van der Waals surface area contributed by atoms with E-state index in [0.29, 0.717) is 5.82 Å². The highest BCUT2D eigenvalue weighted by Crippen LogP contribution is 2.28. The van der Waals surface area contributed by atoms with E-state index in [2.05, 4.69) is 35.7 Å². The molecule has 2 aromatic heterocycles. The molecule has 0 fully saturated rings. The van der Waals surface area contributed by atoms with Crippen LogP contribution in [0.15, 0.2) is 24.0 Å². The number of nitrogens with zero attached hydrogens (tertiary/aromatic N) is 3. The van der Waals surface area contributed by atoms with Gasteiger partial charge >= 0.3 is 6.18 Å². The van der Waals surface area contributed by atoms with Gasteiger partial charge in [0.1, 0.15) is 5.82 Å². The molecule has 0 aliphatic rings. The van der Waals surface area contributed by atoms with Crippen LogP contribution in [0.4, 0.5) is 13.2 Å². The van der Waals surface area contributed by atoms with Crippen molar-refractivity contribution in [1.29, 1.82) is 0 Å². The lowest BCUT2D eigenvalue weighted by Gasteiger charge is -2.16. The Labute approximate surface area is 139 Å². The maximum atomic E-state index is 12.1. The second-order valence-corrected chi connectivity index (χ2v) is 8.02. The van der Waals surface area contributed by atoms with Gasteiger partial charge in [-0.2, -0.15) is 13.2 Å². The largest absolute Gasteiger partial charge is 0.419 e. The lowest BCUT2D eigenvalue weighted by atomic mass is 9.96. The maximum Gasteiger partial charge on any atom is 0.419 e. The molecule has 0 bridgehead atoms. The Morgan fingerprint density at radius 1 is 0.826 bits per heavy atom. The predicted molar refractivity (Wildman–Crippen MR) is 86.5 cm³/mol. The molecule has 23 heavy (non-hydrogen) atoms. The van der Waals surface area contributed by atoms with Crippen molar-refractivity contribution in [3.05, 3.63) is 40.4 Å². The summed E-state index contributed by atoms with van der Waals surface area (Å²) in [5, 5.41) is 3.23. The quantitative estimate of drug-likeness (QED) is 0.656. The van der Waals surface area contributed by atoms with Gasteiger partial charge in [0.25, 0.3) is 0 Å². The first-order chi connectivity index (χ1) is 10.3. The van der Waals surface area contributed by atoms with Crippen molar-refractivity contribution in [3.8, 4) is 0 Å². The van der Waals surface area contributed by atoms with Crippen molar-refractivity contribution in [2.75, 3.05) is 0 Å². The van der Waals surface area contributed by atoms with Crippen LogP contribution >= 0.6 is 11.3 Å². The third-order valence-electron chi connectivity index (χ3n) is 2.72. The zero-order valence-electron chi connectivity index (χ0n) is 14.2. The second-order valence-electron chi connectivity index (χ2n) is 7.13.